The molecule has 0 fully saturated rings. The molecule has 1 aliphatic heterocycles. The van der Waals surface area contributed by atoms with E-state index in [0.717, 1.165) is 0 Å². The highest BCUT2D eigenvalue weighted by Gasteiger charge is 2.34. The average Bonchev–Trinajstić information content (AvgIpc) is 2.70. The Balaban J connectivity index is 2.34. The van der Waals surface area contributed by atoms with Crippen LogP contribution in [0.15, 0.2) is 16.5 Å². The number of nitrogens with zero attached hydrogens (tertiary/aromatic N) is 2. The second-order valence-electron chi connectivity index (χ2n) is 4.24. The van der Waals surface area contributed by atoms with Gasteiger partial charge in [0.2, 0.25) is 0 Å². The number of aryl methyl sites for hydroxylation is 1. The number of thiophene rings is 1. The molecule has 2 rings (SSSR count). The second kappa shape index (κ2) is 3.97. The molecule has 1 aromatic heterocycles. The van der Waals surface area contributed by atoms with Gasteiger partial charge in [-0.3, -0.25) is 5.01 Å². The van der Waals surface area contributed by atoms with Crippen LogP contribution in [0.5, 0.6) is 0 Å². The molecule has 2 unspecified atom stereocenters. The maximum atomic E-state index is 4.58. The van der Waals surface area contributed by atoms with Crippen LogP contribution in [0, 0.1) is 12.8 Å². The van der Waals surface area contributed by atoms with E-state index in [4.69, 9.17) is 0 Å². The van der Waals surface area contributed by atoms with Crippen LogP contribution >= 0.6 is 11.3 Å². The first-order chi connectivity index (χ1) is 7.15. The molecule has 2 heterocycles. The lowest BCUT2D eigenvalue weighted by molar-refractivity contribution is 0.250. The van der Waals surface area contributed by atoms with Crippen LogP contribution in [0.25, 0.3) is 0 Å². The van der Waals surface area contributed by atoms with E-state index in [1.807, 2.05) is 11.3 Å². The Morgan fingerprint density at radius 1 is 1.47 bits per heavy atom. The van der Waals surface area contributed by atoms with Gasteiger partial charge in [-0.05, 0) is 37.3 Å². The SMILES string of the molecule is CCC1C(C)=NN(C)C1c1sccc1C. The first-order valence-electron chi connectivity index (χ1n) is 5.47. The van der Waals surface area contributed by atoms with Crippen LogP contribution in [0.1, 0.15) is 36.8 Å². The van der Waals surface area contributed by atoms with Crippen molar-refractivity contribution < 1.29 is 0 Å². The van der Waals surface area contributed by atoms with Crippen molar-refractivity contribution in [3.05, 3.63) is 21.9 Å². The monoisotopic (exact) mass is 222 g/mol. The fourth-order valence-electron chi connectivity index (χ4n) is 2.43. The third-order valence-electron chi connectivity index (χ3n) is 3.25. The average molecular weight is 222 g/mol. The molecule has 0 saturated carbocycles. The Bertz CT molecular complexity index is 381. The number of hydrogen-bond acceptors (Lipinski definition) is 3. The van der Waals surface area contributed by atoms with Crippen molar-refractivity contribution in [1.29, 1.82) is 0 Å². The highest BCUT2D eigenvalue weighted by molar-refractivity contribution is 7.10. The summed E-state index contributed by atoms with van der Waals surface area (Å²) in [5.41, 5.74) is 2.68. The molecule has 15 heavy (non-hydrogen) atoms. The minimum atomic E-state index is 0.468. The van der Waals surface area contributed by atoms with Crippen molar-refractivity contribution in [2.75, 3.05) is 7.05 Å². The van der Waals surface area contributed by atoms with Crippen LogP contribution in [-0.4, -0.2) is 17.8 Å². The van der Waals surface area contributed by atoms with Crippen molar-refractivity contribution in [3.8, 4) is 0 Å². The van der Waals surface area contributed by atoms with E-state index in [-0.39, 0.29) is 0 Å². The van der Waals surface area contributed by atoms with E-state index < -0.39 is 0 Å². The summed E-state index contributed by atoms with van der Waals surface area (Å²) in [4.78, 5) is 1.48. The quantitative estimate of drug-likeness (QED) is 0.748. The maximum absolute atomic E-state index is 4.58. The Morgan fingerprint density at radius 3 is 2.73 bits per heavy atom. The lowest BCUT2D eigenvalue weighted by Crippen LogP contribution is -2.21. The molecule has 82 valence electrons. The van der Waals surface area contributed by atoms with Gasteiger partial charge in [-0.1, -0.05) is 6.92 Å². The first kappa shape index (κ1) is 10.7. The normalized spacial score (nSPS) is 25.9. The molecule has 3 heteroatoms. The highest BCUT2D eigenvalue weighted by Crippen LogP contribution is 2.39. The Kier molecular flexibility index (Phi) is 2.83. The van der Waals surface area contributed by atoms with E-state index in [2.05, 4.69) is 49.4 Å². The standard InChI is InChI=1S/C12H18N2S/c1-5-10-9(3)13-14(4)11(10)12-8(2)6-7-15-12/h6-7,10-11H,5H2,1-4H3. The largest absolute Gasteiger partial charge is 0.291 e. The summed E-state index contributed by atoms with van der Waals surface area (Å²) in [6.07, 6.45) is 1.17. The van der Waals surface area contributed by atoms with E-state index in [9.17, 15) is 0 Å². The predicted molar refractivity (Wildman–Crippen MR) is 66.5 cm³/mol. The van der Waals surface area contributed by atoms with Gasteiger partial charge in [0, 0.05) is 23.6 Å². The van der Waals surface area contributed by atoms with Gasteiger partial charge in [0.25, 0.3) is 0 Å². The molecule has 0 spiro atoms. The van der Waals surface area contributed by atoms with Gasteiger partial charge in [-0.25, -0.2) is 0 Å². The van der Waals surface area contributed by atoms with Crippen molar-refractivity contribution >= 4 is 17.0 Å². The van der Waals surface area contributed by atoms with Crippen LogP contribution in [-0.2, 0) is 0 Å². The Morgan fingerprint density at radius 2 is 2.20 bits per heavy atom. The van der Waals surface area contributed by atoms with Crippen LogP contribution in [0.3, 0.4) is 0 Å². The smallest absolute Gasteiger partial charge is 0.0892 e. The van der Waals surface area contributed by atoms with Gasteiger partial charge < -0.3 is 0 Å². The molecule has 1 aromatic rings. The topological polar surface area (TPSA) is 15.6 Å². The van der Waals surface area contributed by atoms with Gasteiger partial charge >= 0.3 is 0 Å². The maximum Gasteiger partial charge on any atom is 0.0892 e. The fraction of sp³-hybridized carbons (Fsp3) is 0.583. The molecule has 2 atom stereocenters. The molecule has 0 saturated heterocycles. The fourth-order valence-corrected chi connectivity index (χ4v) is 3.56. The Labute approximate surface area is 95.6 Å². The lowest BCUT2D eigenvalue weighted by Gasteiger charge is -2.24. The molecule has 0 aromatic carbocycles. The summed E-state index contributed by atoms with van der Waals surface area (Å²) in [5.74, 6) is 0.590. The van der Waals surface area contributed by atoms with Gasteiger partial charge in [0.15, 0.2) is 0 Å². The van der Waals surface area contributed by atoms with Crippen molar-refractivity contribution in [1.82, 2.24) is 5.01 Å². The van der Waals surface area contributed by atoms with E-state index in [1.54, 1.807) is 0 Å². The zero-order chi connectivity index (χ0) is 11.0. The summed E-state index contributed by atoms with van der Waals surface area (Å²) in [6.45, 7) is 6.59. The van der Waals surface area contributed by atoms with E-state index >= 15 is 0 Å². The third-order valence-corrected chi connectivity index (χ3v) is 4.34. The van der Waals surface area contributed by atoms with Crippen LogP contribution < -0.4 is 0 Å². The summed E-state index contributed by atoms with van der Waals surface area (Å²) < 4.78 is 0. The predicted octanol–water partition coefficient (Wildman–Crippen LogP) is 3.45. The molecule has 0 aliphatic carbocycles. The van der Waals surface area contributed by atoms with Gasteiger partial charge in [-0.2, -0.15) is 5.10 Å². The number of rotatable bonds is 2. The molecular formula is C12H18N2S. The van der Waals surface area contributed by atoms with E-state index in [0.29, 0.717) is 12.0 Å². The summed E-state index contributed by atoms with van der Waals surface area (Å²) >= 11 is 1.86. The molecule has 0 N–H and O–H groups in total. The Hall–Kier alpha value is -0.830. The third kappa shape index (κ3) is 1.69. The van der Waals surface area contributed by atoms with Gasteiger partial charge in [0.05, 0.1) is 6.04 Å². The number of hydrazone groups is 1. The molecular weight excluding hydrogens is 204 g/mol. The summed E-state index contributed by atoms with van der Waals surface area (Å²) in [5, 5.41) is 8.88. The summed E-state index contributed by atoms with van der Waals surface area (Å²) in [7, 11) is 2.09. The molecule has 0 amide bonds. The van der Waals surface area contributed by atoms with Crippen molar-refractivity contribution in [3.63, 3.8) is 0 Å². The highest BCUT2D eigenvalue weighted by atomic mass is 32.1. The lowest BCUT2D eigenvalue weighted by atomic mass is 9.91. The summed E-state index contributed by atoms with van der Waals surface area (Å²) in [6, 6.07) is 2.67. The van der Waals surface area contributed by atoms with Gasteiger partial charge in [0.1, 0.15) is 0 Å². The second-order valence-corrected chi connectivity index (χ2v) is 5.19. The van der Waals surface area contributed by atoms with Crippen LogP contribution in [0.4, 0.5) is 0 Å². The van der Waals surface area contributed by atoms with Crippen LogP contribution in [0.2, 0.25) is 0 Å². The molecule has 0 bridgehead atoms. The van der Waals surface area contributed by atoms with Gasteiger partial charge in [-0.15, -0.1) is 11.3 Å². The van der Waals surface area contributed by atoms with Crippen molar-refractivity contribution in [2.24, 2.45) is 11.0 Å². The van der Waals surface area contributed by atoms with Crippen molar-refractivity contribution in [2.45, 2.75) is 33.2 Å². The number of hydrogen-bond donors (Lipinski definition) is 0. The minimum Gasteiger partial charge on any atom is -0.291 e. The van der Waals surface area contributed by atoms with E-state index in [1.165, 1.54) is 22.6 Å². The zero-order valence-electron chi connectivity index (χ0n) is 9.82. The molecule has 2 nitrogen and oxygen atoms in total. The first-order valence-corrected chi connectivity index (χ1v) is 6.35. The molecule has 1 aliphatic rings. The molecule has 0 radical (unpaired) electrons. The minimum absolute atomic E-state index is 0.468. The zero-order valence-corrected chi connectivity index (χ0v) is 10.6.